The Morgan fingerprint density at radius 2 is 1.57 bits per heavy atom. The van der Waals surface area contributed by atoms with Gasteiger partial charge in [-0.25, -0.2) is 9.59 Å². The highest BCUT2D eigenvalue weighted by molar-refractivity contribution is 5.99. The average Bonchev–Trinajstić information content (AvgIpc) is 2.93. The fourth-order valence-corrected chi connectivity index (χ4v) is 2.82. The van der Waals surface area contributed by atoms with Crippen LogP contribution in [0.5, 0.6) is 0 Å². The first-order chi connectivity index (χ1) is 13.1. The van der Waals surface area contributed by atoms with Crippen molar-refractivity contribution >= 4 is 17.8 Å². The molecule has 150 valence electrons. The summed E-state index contributed by atoms with van der Waals surface area (Å²) in [5.74, 6) is -1.59. The molecule has 2 aromatic rings. The van der Waals surface area contributed by atoms with Crippen LogP contribution >= 0.6 is 0 Å². The fourth-order valence-electron chi connectivity index (χ4n) is 2.82. The first-order valence-corrected chi connectivity index (χ1v) is 9.00. The van der Waals surface area contributed by atoms with E-state index in [0.717, 1.165) is 0 Å². The topological polar surface area (TPSA) is 88.7 Å². The van der Waals surface area contributed by atoms with E-state index in [9.17, 15) is 14.4 Å². The Bertz CT molecular complexity index is 868. The van der Waals surface area contributed by atoms with Gasteiger partial charge in [-0.1, -0.05) is 30.3 Å². The van der Waals surface area contributed by atoms with Crippen molar-refractivity contribution in [3.63, 3.8) is 0 Å². The molecule has 0 saturated heterocycles. The molecule has 1 heterocycles. The minimum absolute atomic E-state index is 0.126. The van der Waals surface area contributed by atoms with Crippen molar-refractivity contribution in [2.75, 3.05) is 14.1 Å². The Kier molecular flexibility index (Phi) is 6.62. The largest absolute Gasteiger partial charge is 0.459 e. The SMILES string of the molecule is Cc1[nH]c(C(=O)O[C@@H](C(=O)N(C)C)c2ccccc2)c(C)c1C(=O)OC(C)C. The second-order valence-electron chi connectivity index (χ2n) is 7.01. The summed E-state index contributed by atoms with van der Waals surface area (Å²) in [5.41, 5.74) is 1.93. The second-order valence-corrected chi connectivity index (χ2v) is 7.01. The number of amides is 1. The molecule has 1 aromatic carbocycles. The maximum atomic E-state index is 12.8. The molecule has 1 N–H and O–H groups in total. The monoisotopic (exact) mass is 386 g/mol. The Morgan fingerprint density at radius 1 is 0.964 bits per heavy atom. The van der Waals surface area contributed by atoms with Crippen LogP contribution in [0.15, 0.2) is 30.3 Å². The summed E-state index contributed by atoms with van der Waals surface area (Å²) in [6, 6.07) is 8.79. The van der Waals surface area contributed by atoms with Gasteiger partial charge in [-0.05, 0) is 33.3 Å². The summed E-state index contributed by atoms with van der Waals surface area (Å²) >= 11 is 0. The Balaban J connectivity index is 2.34. The average molecular weight is 386 g/mol. The third-order valence-corrected chi connectivity index (χ3v) is 4.18. The molecule has 1 atom stereocenters. The lowest BCUT2D eigenvalue weighted by molar-refractivity contribution is -0.138. The van der Waals surface area contributed by atoms with E-state index in [-0.39, 0.29) is 17.7 Å². The predicted octanol–water partition coefficient (Wildman–Crippen LogP) is 3.18. The highest BCUT2D eigenvalue weighted by Crippen LogP contribution is 2.25. The molecule has 28 heavy (non-hydrogen) atoms. The smallest absolute Gasteiger partial charge is 0.356 e. The maximum Gasteiger partial charge on any atom is 0.356 e. The van der Waals surface area contributed by atoms with Crippen LogP contribution in [0.3, 0.4) is 0 Å². The molecule has 0 fully saturated rings. The van der Waals surface area contributed by atoms with Gasteiger partial charge in [0.2, 0.25) is 6.10 Å². The van der Waals surface area contributed by atoms with Crippen molar-refractivity contribution in [1.29, 1.82) is 0 Å². The van der Waals surface area contributed by atoms with Crippen molar-refractivity contribution in [2.45, 2.75) is 39.9 Å². The van der Waals surface area contributed by atoms with Crippen molar-refractivity contribution < 1.29 is 23.9 Å². The van der Waals surface area contributed by atoms with Gasteiger partial charge in [-0.15, -0.1) is 0 Å². The zero-order valence-corrected chi connectivity index (χ0v) is 17.0. The molecular weight excluding hydrogens is 360 g/mol. The minimum Gasteiger partial charge on any atom is -0.459 e. The third-order valence-electron chi connectivity index (χ3n) is 4.18. The second kappa shape index (κ2) is 8.73. The molecule has 0 saturated carbocycles. The van der Waals surface area contributed by atoms with E-state index in [1.165, 1.54) is 4.90 Å². The van der Waals surface area contributed by atoms with E-state index >= 15 is 0 Å². The number of nitrogens with one attached hydrogen (secondary N) is 1. The van der Waals surface area contributed by atoms with Gasteiger partial charge < -0.3 is 19.4 Å². The quantitative estimate of drug-likeness (QED) is 0.770. The Morgan fingerprint density at radius 3 is 2.11 bits per heavy atom. The van der Waals surface area contributed by atoms with E-state index in [4.69, 9.17) is 9.47 Å². The predicted molar refractivity (Wildman–Crippen MR) is 104 cm³/mol. The van der Waals surface area contributed by atoms with Crippen molar-refractivity contribution in [3.8, 4) is 0 Å². The van der Waals surface area contributed by atoms with Gasteiger partial charge in [-0.3, -0.25) is 4.79 Å². The molecule has 0 radical (unpaired) electrons. The third kappa shape index (κ3) is 4.60. The molecule has 0 bridgehead atoms. The number of aryl methyl sites for hydroxylation is 1. The lowest BCUT2D eigenvalue weighted by atomic mass is 10.1. The van der Waals surface area contributed by atoms with E-state index in [0.29, 0.717) is 22.4 Å². The number of H-pyrrole nitrogens is 1. The summed E-state index contributed by atoms with van der Waals surface area (Å²) in [6.45, 7) is 6.83. The highest BCUT2D eigenvalue weighted by atomic mass is 16.6. The van der Waals surface area contributed by atoms with E-state index in [2.05, 4.69) is 4.98 Å². The van der Waals surface area contributed by atoms with Gasteiger partial charge in [0.05, 0.1) is 11.7 Å². The van der Waals surface area contributed by atoms with Crippen molar-refractivity contribution in [3.05, 3.63) is 58.4 Å². The number of benzene rings is 1. The van der Waals surface area contributed by atoms with Crippen LogP contribution < -0.4 is 0 Å². The number of aromatic amines is 1. The molecule has 1 amide bonds. The number of likely N-dealkylation sites (N-methyl/N-ethyl adjacent to an activating group) is 1. The summed E-state index contributed by atoms with van der Waals surface area (Å²) in [4.78, 5) is 41.9. The number of hydrogen-bond donors (Lipinski definition) is 1. The first-order valence-electron chi connectivity index (χ1n) is 9.00. The maximum absolute atomic E-state index is 12.8. The molecule has 0 unspecified atom stereocenters. The van der Waals surface area contributed by atoms with E-state index < -0.39 is 18.0 Å². The van der Waals surface area contributed by atoms with Crippen LogP contribution in [-0.4, -0.2) is 47.9 Å². The number of esters is 2. The Hall–Kier alpha value is -3.09. The zero-order chi connectivity index (χ0) is 21.0. The van der Waals surface area contributed by atoms with E-state index in [1.807, 2.05) is 6.07 Å². The van der Waals surface area contributed by atoms with Gasteiger partial charge in [0.25, 0.3) is 5.91 Å². The summed E-state index contributed by atoms with van der Waals surface area (Å²) < 4.78 is 10.8. The number of nitrogens with zero attached hydrogens (tertiary/aromatic N) is 1. The van der Waals surface area contributed by atoms with Crippen LogP contribution in [0.2, 0.25) is 0 Å². The number of ether oxygens (including phenoxy) is 2. The summed E-state index contributed by atoms with van der Waals surface area (Å²) in [6.07, 6.45) is -1.37. The molecule has 0 aliphatic rings. The van der Waals surface area contributed by atoms with Gasteiger partial charge in [0.15, 0.2) is 0 Å². The van der Waals surface area contributed by atoms with Crippen LogP contribution in [-0.2, 0) is 14.3 Å². The molecule has 0 aliphatic carbocycles. The van der Waals surface area contributed by atoms with Gasteiger partial charge in [0.1, 0.15) is 5.69 Å². The zero-order valence-electron chi connectivity index (χ0n) is 17.0. The van der Waals surface area contributed by atoms with Crippen molar-refractivity contribution in [2.24, 2.45) is 0 Å². The van der Waals surface area contributed by atoms with Gasteiger partial charge in [-0.2, -0.15) is 0 Å². The summed E-state index contributed by atoms with van der Waals surface area (Å²) in [5, 5.41) is 0. The van der Waals surface area contributed by atoms with E-state index in [1.54, 1.807) is 66.1 Å². The molecular formula is C21H26N2O5. The molecule has 0 aliphatic heterocycles. The highest BCUT2D eigenvalue weighted by Gasteiger charge is 2.30. The van der Waals surface area contributed by atoms with Crippen molar-refractivity contribution in [1.82, 2.24) is 9.88 Å². The summed E-state index contributed by atoms with van der Waals surface area (Å²) in [7, 11) is 3.19. The van der Waals surface area contributed by atoms with Crippen LogP contribution in [0.25, 0.3) is 0 Å². The number of aromatic nitrogens is 1. The standard InChI is InChI=1S/C21H26N2O5/c1-12(2)27-20(25)16-13(3)17(22-14(16)4)21(26)28-18(19(24)23(5)6)15-10-8-7-9-11-15/h7-12,18,22H,1-6H3/t18-/m1/s1. The lowest BCUT2D eigenvalue weighted by Crippen LogP contribution is -2.31. The molecule has 0 spiro atoms. The molecule has 7 heteroatoms. The number of carbonyl (C=O) groups is 3. The number of carbonyl (C=O) groups excluding carboxylic acids is 3. The first kappa shape index (κ1) is 21.2. The normalized spacial score (nSPS) is 11.8. The van der Waals surface area contributed by atoms with Crippen LogP contribution in [0.4, 0.5) is 0 Å². The number of rotatable bonds is 6. The Labute approximate surface area is 164 Å². The van der Waals surface area contributed by atoms with Crippen LogP contribution in [0, 0.1) is 13.8 Å². The number of hydrogen-bond acceptors (Lipinski definition) is 5. The fraction of sp³-hybridized carbons (Fsp3) is 0.381. The van der Waals surface area contributed by atoms with Gasteiger partial charge in [0, 0.05) is 25.4 Å². The van der Waals surface area contributed by atoms with Gasteiger partial charge >= 0.3 is 11.9 Å². The molecule has 7 nitrogen and oxygen atoms in total. The lowest BCUT2D eigenvalue weighted by Gasteiger charge is -2.21. The molecule has 1 aromatic heterocycles. The van der Waals surface area contributed by atoms with Crippen LogP contribution in [0.1, 0.15) is 57.6 Å². The minimum atomic E-state index is -1.09. The molecule has 2 rings (SSSR count).